The number of benzene rings is 1. The number of amides is 1. The molecular formula is C17H26N2O3. The maximum absolute atomic E-state index is 12.1. The van der Waals surface area contributed by atoms with Crippen LogP contribution in [0, 0.1) is 0 Å². The predicted molar refractivity (Wildman–Crippen MR) is 86.2 cm³/mol. The van der Waals surface area contributed by atoms with E-state index < -0.39 is 6.10 Å². The van der Waals surface area contributed by atoms with Crippen molar-refractivity contribution >= 4 is 5.91 Å². The minimum absolute atomic E-state index is 0.0702. The van der Waals surface area contributed by atoms with Crippen LogP contribution in [0.5, 0.6) is 5.75 Å². The standard InChI is InChI=1S/C17H26N2O3/c1-3-15-6-4-5-7-16(15)22-14(2)17(20)18-8-9-19-10-12-21-13-11-19/h4-7,14H,3,8-13H2,1-2H3,(H,18,20). The zero-order chi connectivity index (χ0) is 15.8. The van der Waals surface area contributed by atoms with Gasteiger partial charge in [-0.05, 0) is 25.0 Å². The average Bonchev–Trinajstić information content (AvgIpc) is 2.56. The molecule has 1 aromatic carbocycles. The summed E-state index contributed by atoms with van der Waals surface area (Å²) in [5, 5.41) is 2.94. The minimum atomic E-state index is -0.489. The Bertz CT molecular complexity index is 473. The molecule has 1 fully saturated rings. The van der Waals surface area contributed by atoms with E-state index in [-0.39, 0.29) is 5.91 Å². The minimum Gasteiger partial charge on any atom is -0.481 e. The number of rotatable bonds is 7. The molecule has 1 aliphatic heterocycles. The summed E-state index contributed by atoms with van der Waals surface area (Å²) < 4.78 is 11.1. The Balaban J connectivity index is 1.74. The third-order valence-electron chi connectivity index (χ3n) is 3.86. The molecule has 0 aromatic heterocycles. The van der Waals surface area contributed by atoms with E-state index in [9.17, 15) is 4.79 Å². The smallest absolute Gasteiger partial charge is 0.260 e. The number of nitrogens with zero attached hydrogens (tertiary/aromatic N) is 1. The van der Waals surface area contributed by atoms with Crippen LogP contribution >= 0.6 is 0 Å². The van der Waals surface area contributed by atoms with Crippen LogP contribution in [0.2, 0.25) is 0 Å². The maximum Gasteiger partial charge on any atom is 0.260 e. The van der Waals surface area contributed by atoms with Crippen molar-refractivity contribution in [3.63, 3.8) is 0 Å². The Labute approximate surface area is 132 Å². The summed E-state index contributed by atoms with van der Waals surface area (Å²) in [7, 11) is 0. The molecule has 0 aliphatic carbocycles. The molecule has 0 spiro atoms. The van der Waals surface area contributed by atoms with E-state index >= 15 is 0 Å². The van der Waals surface area contributed by atoms with Gasteiger partial charge in [0.25, 0.3) is 5.91 Å². The van der Waals surface area contributed by atoms with Crippen LogP contribution in [0.4, 0.5) is 0 Å². The number of aryl methyl sites for hydroxylation is 1. The van der Waals surface area contributed by atoms with Gasteiger partial charge in [-0.3, -0.25) is 9.69 Å². The third kappa shape index (κ3) is 5.00. The van der Waals surface area contributed by atoms with E-state index in [2.05, 4.69) is 17.1 Å². The summed E-state index contributed by atoms with van der Waals surface area (Å²) in [6.07, 6.45) is 0.402. The van der Waals surface area contributed by atoms with Crippen molar-refractivity contribution in [3.8, 4) is 5.75 Å². The lowest BCUT2D eigenvalue weighted by molar-refractivity contribution is -0.127. The molecular weight excluding hydrogens is 280 g/mol. The Morgan fingerprint density at radius 3 is 2.82 bits per heavy atom. The number of nitrogens with one attached hydrogen (secondary N) is 1. The Morgan fingerprint density at radius 2 is 2.09 bits per heavy atom. The van der Waals surface area contributed by atoms with Gasteiger partial charge in [-0.2, -0.15) is 0 Å². The molecule has 1 amide bonds. The highest BCUT2D eigenvalue weighted by Gasteiger charge is 2.16. The predicted octanol–water partition coefficient (Wildman–Crippen LogP) is 1.46. The van der Waals surface area contributed by atoms with Crippen molar-refractivity contribution in [1.82, 2.24) is 10.2 Å². The van der Waals surface area contributed by atoms with Gasteiger partial charge in [-0.1, -0.05) is 25.1 Å². The molecule has 5 heteroatoms. The molecule has 1 aliphatic rings. The quantitative estimate of drug-likeness (QED) is 0.829. The van der Waals surface area contributed by atoms with Crippen LogP contribution in [0.15, 0.2) is 24.3 Å². The van der Waals surface area contributed by atoms with Crippen LogP contribution in [0.3, 0.4) is 0 Å². The number of para-hydroxylation sites is 1. The second-order valence-corrected chi connectivity index (χ2v) is 5.47. The van der Waals surface area contributed by atoms with Crippen LogP contribution in [0.25, 0.3) is 0 Å². The molecule has 0 saturated carbocycles. The van der Waals surface area contributed by atoms with E-state index in [4.69, 9.17) is 9.47 Å². The van der Waals surface area contributed by atoms with Crippen molar-refractivity contribution in [3.05, 3.63) is 29.8 Å². The molecule has 0 bridgehead atoms. The second kappa shape index (κ2) is 8.76. The fraction of sp³-hybridized carbons (Fsp3) is 0.588. The number of carbonyl (C=O) groups excluding carboxylic acids is 1. The summed E-state index contributed by atoms with van der Waals surface area (Å²) in [4.78, 5) is 14.4. The third-order valence-corrected chi connectivity index (χ3v) is 3.86. The van der Waals surface area contributed by atoms with Gasteiger partial charge in [-0.25, -0.2) is 0 Å². The van der Waals surface area contributed by atoms with Crippen LogP contribution in [-0.2, 0) is 16.0 Å². The summed E-state index contributed by atoms with van der Waals surface area (Å²) in [6.45, 7) is 8.79. The fourth-order valence-electron chi connectivity index (χ4n) is 2.46. The lowest BCUT2D eigenvalue weighted by atomic mass is 10.1. The highest BCUT2D eigenvalue weighted by molar-refractivity contribution is 5.80. The maximum atomic E-state index is 12.1. The van der Waals surface area contributed by atoms with Crippen molar-refractivity contribution in [2.45, 2.75) is 26.4 Å². The first kappa shape index (κ1) is 16.8. The normalized spacial score (nSPS) is 17.0. The van der Waals surface area contributed by atoms with Gasteiger partial charge in [0.2, 0.25) is 0 Å². The highest BCUT2D eigenvalue weighted by atomic mass is 16.5. The zero-order valence-electron chi connectivity index (χ0n) is 13.5. The van der Waals surface area contributed by atoms with E-state index in [1.54, 1.807) is 6.92 Å². The van der Waals surface area contributed by atoms with Gasteiger partial charge in [0, 0.05) is 26.2 Å². The van der Waals surface area contributed by atoms with Crippen molar-refractivity contribution in [1.29, 1.82) is 0 Å². The molecule has 0 radical (unpaired) electrons. The number of hydrogen-bond acceptors (Lipinski definition) is 4. The number of ether oxygens (including phenoxy) is 2. The van der Waals surface area contributed by atoms with Crippen LogP contribution < -0.4 is 10.1 Å². The molecule has 122 valence electrons. The summed E-state index contributed by atoms with van der Waals surface area (Å²) in [5.41, 5.74) is 1.12. The first-order valence-electron chi connectivity index (χ1n) is 8.03. The molecule has 1 atom stereocenters. The van der Waals surface area contributed by atoms with Gasteiger partial charge in [0.15, 0.2) is 6.10 Å². The summed E-state index contributed by atoms with van der Waals surface area (Å²) >= 11 is 0. The SMILES string of the molecule is CCc1ccccc1OC(C)C(=O)NCCN1CCOCC1. The lowest BCUT2D eigenvalue weighted by Crippen LogP contribution is -2.44. The Hall–Kier alpha value is -1.59. The molecule has 1 N–H and O–H groups in total. The van der Waals surface area contributed by atoms with Crippen LogP contribution in [0.1, 0.15) is 19.4 Å². The van der Waals surface area contributed by atoms with Gasteiger partial charge < -0.3 is 14.8 Å². The van der Waals surface area contributed by atoms with Crippen LogP contribution in [-0.4, -0.2) is 56.3 Å². The molecule has 5 nitrogen and oxygen atoms in total. The average molecular weight is 306 g/mol. The van der Waals surface area contributed by atoms with Gasteiger partial charge in [0.1, 0.15) is 5.75 Å². The van der Waals surface area contributed by atoms with Gasteiger partial charge in [-0.15, -0.1) is 0 Å². The Morgan fingerprint density at radius 1 is 1.36 bits per heavy atom. The Kier molecular flexibility index (Phi) is 6.68. The van der Waals surface area contributed by atoms with Gasteiger partial charge in [0.05, 0.1) is 13.2 Å². The lowest BCUT2D eigenvalue weighted by Gasteiger charge is -2.26. The zero-order valence-corrected chi connectivity index (χ0v) is 13.5. The molecule has 1 saturated heterocycles. The van der Waals surface area contributed by atoms with E-state index in [0.29, 0.717) is 6.54 Å². The molecule has 2 rings (SSSR count). The molecule has 1 aromatic rings. The van der Waals surface area contributed by atoms with Crippen molar-refractivity contribution in [2.24, 2.45) is 0 Å². The monoisotopic (exact) mass is 306 g/mol. The fourth-order valence-corrected chi connectivity index (χ4v) is 2.46. The first-order chi connectivity index (χ1) is 10.7. The van der Waals surface area contributed by atoms with Crippen molar-refractivity contribution in [2.75, 3.05) is 39.4 Å². The highest BCUT2D eigenvalue weighted by Crippen LogP contribution is 2.19. The molecule has 1 heterocycles. The number of hydrogen-bond donors (Lipinski definition) is 1. The first-order valence-corrected chi connectivity index (χ1v) is 8.03. The van der Waals surface area contributed by atoms with E-state index in [1.165, 1.54) is 0 Å². The summed E-state index contributed by atoms with van der Waals surface area (Å²) in [6, 6.07) is 7.85. The summed E-state index contributed by atoms with van der Waals surface area (Å²) in [5.74, 6) is 0.722. The van der Waals surface area contributed by atoms with Crippen molar-refractivity contribution < 1.29 is 14.3 Å². The molecule has 22 heavy (non-hydrogen) atoms. The van der Waals surface area contributed by atoms with E-state index in [1.807, 2.05) is 24.3 Å². The van der Waals surface area contributed by atoms with Gasteiger partial charge >= 0.3 is 0 Å². The van der Waals surface area contributed by atoms with E-state index in [0.717, 1.165) is 50.6 Å². The largest absolute Gasteiger partial charge is 0.481 e. The second-order valence-electron chi connectivity index (χ2n) is 5.47. The number of morpholine rings is 1. The number of carbonyl (C=O) groups is 1. The topological polar surface area (TPSA) is 50.8 Å². The molecule has 1 unspecified atom stereocenters.